The number of ether oxygens (including phenoxy) is 1. The third kappa shape index (κ3) is 5.99. The Morgan fingerprint density at radius 1 is 0.974 bits per heavy atom. The average molecular weight is 515 g/mol. The van der Waals surface area contributed by atoms with Crippen LogP contribution in [0.3, 0.4) is 0 Å². The van der Waals surface area contributed by atoms with Gasteiger partial charge >= 0.3 is 6.09 Å². The molecule has 1 aromatic heterocycles. The van der Waals surface area contributed by atoms with E-state index in [0.717, 1.165) is 54.7 Å². The van der Waals surface area contributed by atoms with Gasteiger partial charge < -0.3 is 9.64 Å². The van der Waals surface area contributed by atoms with E-state index in [1.54, 1.807) is 10.9 Å². The maximum atomic E-state index is 13.9. The Kier molecular flexibility index (Phi) is 7.65. The van der Waals surface area contributed by atoms with Crippen molar-refractivity contribution < 1.29 is 9.53 Å². The summed E-state index contributed by atoms with van der Waals surface area (Å²) in [6, 6.07) is 20.1. The van der Waals surface area contributed by atoms with Gasteiger partial charge in [-0.3, -0.25) is 14.3 Å². The van der Waals surface area contributed by atoms with E-state index >= 15 is 0 Å². The van der Waals surface area contributed by atoms with Crippen molar-refractivity contribution >= 4 is 6.09 Å². The van der Waals surface area contributed by atoms with Crippen LogP contribution in [-0.2, 0) is 17.7 Å². The van der Waals surface area contributed by atoms with Gasteiger partial charge in [-0.15, -0.1) is 0 Å². The number of fused-ring (bicyclic) bond motifs is 1. The Morgan fingerprint density at radius 3 is 2.16 bits per heavy atom. The molecule has 0 unspecified atom stereocenters. The van der Waals surface area contributed by atoms with Crippen LogP contribution in [0.5, 0.6) is 0 Å². The molecule has 0 bridgehead atoms. The maximum absolute atomic E-state index is 13.9. The normalized spacial score (nSPS) is 16.9. The molecular formula is C31H38N4O3. The fraction of sp³-hybridized carbons (Fsp3) is 0.452. The van der Waals surface area contributed by atoms with Crippen LogP contribution in [0.1, 0.15) is 62.0 Å². The molecule has 0 N–H and O–H groups in total. The van der Waals surface area contributed by atoms with Gasteiger partial charge in [-0.2, -0.15) is 0 Å². The van der Waals surface area contributed by atoms with E-state index in [1.807, 2.05) is 62.1 Å². The number of nitrogens with zero attached hydrogens (tertiary/aromatic N) is 4. The number of likely N-dealkylation sites (tertiary alicyclic amines) is 1. The van der Waals surface area contributed by atoms with Crippen LogP contribution >= 0.6 is 0 Å². The van der Waals surface area contributed by atoms with Gasteiger partial charge in [-0.1, -0.05) is 60.7 Å². The van der Waals surface area contributed by atoms with Crippen molar-refractivity contribution in [3.05, 3.63) is 99.7 Å². The van der Waals surface area contributed by atoms with E-state index in [1.165, 1.54) is 0 Å². The second-order valence-electron chi connectivity index (χ2n) is 11.5. The molecule has 2 aliphatic heterocycles. The first-order valence-corrected chi connectivity index (χ1v) is 13.7. The smallest absolute Gasteiger partial charge is 0.410 e. The molecule has 0 saturated carbocycles. The number of carbonyl (C=O) groups excluding carboxylic acids is 1. The summed E-state index contributed by atoms with van der Waals surface area (Å²) in [5, 5.41) is 0. The fourth-order valence-corrected chi connectivity index (χ4v) is 5.60. The van der Waals surface area contributed by atoms with Crippen LogP contribution in [0.15, 0.2) is 71.8 Å². The molecule has 5 rings (SSSR count). The van der Waals surface area contributed by atoms with Gasteiger partial charge in [0.25, 0.3) is 5.56 Å². The molecular weight excluding hydrogens is 476 g/mol. The highest BCUT2D eigenvalue weighted by atomic mass is 16.6. The van der Waals surface area contributed by atoms with Gasteiger partial charge in [0.05, 0.1) is 23.6 Å². The van der Waals surface area contributed by atoms with E-state index < -0.39 is 5.60 Å². The summed E-state index contributed by atoms with van der Waals surface area (Å²) < 4.78 is 7.34. The van der Waals surface area contributed by atoms with Crippen molar-refractivity contribution in [2.75, 3.05) is 26.2 Å². The van der Waals surface area contributed by atoms with Crippen LogP contribution in [0.2, 0.25) is 0 Å². The lowest BCUT2D eigenvalue weighted by Crippen LogP contribution is -2.45. The lowest BCUT2D eigenvalue weighted by atomic mass is 9.95. The van der Waals surface area contributed by atoms with Crippen LogP contribution in [0.4, 0.5) is 4.79 Å². The lowest BCUT2D eigenvalue weighted by molar-refractivity contribution is 0.0167. The number of aromatic nitrogens is 2. The first kappa shape index (κ1) is 26.2. The minimum Gasteiger partial charge on any atom is -0.444 e. The number of hydrogen-bond acceptors (Lipinski definition) is 5. The molecule has 2 aliphatic rings. The molecule has 7 nitrogen and oxygen atoms in total. The Balaban J connectivity index is 1.30. The van der Waals surface area contributed by atoms with Gasteiger partial charge in [-0.05, 0) is 50.7 Å². The number of rotatable bonds is 5. The molecule has 7 heteroatoms. The van der Waals surface area contributed by atoms with E-state index in [4.69, 9.17) is 9.72 Å². The second kappa shape index (κ2) is 11.1. The number of amides is 1. The molecule has 0 atom stereocenters. The van der Waals surface area contributed by atoms with Crippen LogP contribution in [0, 0.1) is 5.92 Å². The Bertz CT molecular complexity index is 1250. The zero-order valence-electron chi connectivity index (χ0n) is 22.7. The quantitative estimate of drug-likeness (QED) is 0.485. The predicted molar refractivity (Wildman–Crippen MR) is 148 cm³/mol. The van der Waals surface area contributed by atoms with Crippen LogP contribution in [0.25, 0.3) is 0 Å². The summed E-state index contributed by atoms with van der Waals surface area (Å²) in [5.41, 5.74) is 3.41. The van der Waals surface area contributed by atoms with Gasteiger partial charge in [0.2, 0.25) is 0 Å². The fourth-order valence-electron chi connectivity index (χ4n) is 5.60. The molecule has 0 spiro atoms. The van der Waals surface area contributed by atoms with Crippen LogP contribution < -0.4 is 5.56 Å². The third-order valence-electron chi connectivity index (χ3n) is 7.52. The van der Waals surface area contributed by atoms with Gasteiger partial charge in [-0.25, -0.2) is 9.78 Å². The number of benzene rings is 2. The number of piperidine rings is 1. The SMILES string of the molecule is CC(C)(C)OC(=O)N1CCC(CN2CCc3ncn(C(c4ccccc4)c4ccccc4)c(=O)c3C2)CC1. The van der Waals surface area contributed by atoms with Gasteiger partial charge in [0.15, 0.2) is 0 Å². The summed E-state index contributed by atoms with van der Waals surface area (Å²) in [5.74, 6) is 0.496. The van der Waals surface area contributed by atoms with Gasteiger partial charge in [0.1, 0.15) is 5.60 Å². The predicted octanol–water partition coefficient (Wildman–Crippen LogP) is 4.89. The standard InChI is InChI=1S/C31H38N4O3/c1-31(2,3)38-30(37)34-18-14-23(15-19-34)20-33-17-16-27-26(21-33)29(36)35(22-32-27)28(24-10-6-4-7-11-24)25-12-8-5-9-13-25/h4-13,22-23,28H,14-21H2,1-3H3. The van der Waals surface area contributed by atoms with Crippen molar-refractivity contribution in [2.45, 2.75) is 58.2 Å². The minimum atomic E-state index is -0.476. The zero-order chi connectivity index (χ0) is 26.7. The maximum Gasteiger partial charge on any atom is 0.410 e. The molecule has 1 fully saturated rings. The summed E-state index contributed by atoms with van der Waals surface area (Å²) in [4.78, 5) is 35.3. The van der Waals surface area contributed by atoms with E-state index in [-0.39, 0.29) is 17.7 Å². The Labute approximate surface area is 225 Å². The molecule has 200 valence electrons. The van der Waals surface area contributed by atoms with Gasteiger partial charge in [0, 0.05) is 39.1 Å². The Hall–Kier alpha value is -3.45. The Morgan fingerprint density at radius 2 is 1.58 bits per heavy atom. The molecule has 3 heterocycles. The van der Waals surface area contributed by atoms with Crippen molar-refractivity contribution in [3.8, 4) is 0 Å². The topological polar surface area (TPSA) is 67.7 Å². The molecule has 3 aromatic rings. The molecule has 1 saturated heterocycles. The average Bonchev–Trinajstić information content (AvgIpc) is 2.91. The monoisotopic (exact) mass is 514 g/mol. The number of hydrogen-bond donors (Lipinski definition) is 0. The second-order valence-corrected chi connectivity index (χ2v) is 11.5. The minimum absolute atomic E-state index is 0.0390. The zero-order valence-corrected chi connectivity index (χ0v) is 22.7. The van der Waals surface area contributed by atoms with E-state index in [9.17, 15) is 9.59 Å². The first-order chi connectivity index (χ1) is 18.3. The van der Waals surface area contributed by atoms with Crippen molar-refractivity contribution in [3.63, 3.8) is 0 Å². The summed E-state index contributed by atoms with van der Waals surface area (Å²) in [7, 11) is 0. The van der Waals surface area contributed by atoms with E-state index in [0.29, 0.717) is 25.6 Å². The first-order valence-electron chi connectivity index (χ1n) is 13.7. The van der Waals surface area contributed by atoms with Crippen molar-refractivity contribution in [1.29, 1.82) is 0 Å². The molecule has 2 aromatic carbocycles. The largest absolute Gasteiger partial charge is 0.444 e. The lowest BCUT2D eigenvalue weighted by Gasteiger charge is -2.36. The number of carbonyl (C=O) groups is 1. The van der Waals surface area contributed by atoms with E-state index in [2.05, 4.69) is 29.2 Å². The molecule has 0 radical (unpaired) electrons. The van der Waals surface area contributed by atoms with Crippen LogP contribution in [-0.4, -0.2) is 57.2 Å². The highest BCUT2D eigenvalue weighted by Crippen LogP contribution is 2.27. The summed E-state index contributed by atoms with van der Waals surface area (Å²) in [6.45, 7) is 9.57. The highest BCUT2D eigenvalue weighted by molar-refractivity contribution is 5.68. The molecule has 0 aliphatic carbocycles. The molecule has 38 heavy (non-hydrogen) atoms. The summed E-state index contributed by atoms with van der Waals surface area (Å²) >= 11 is 0. The molecule has 1 amide bonds. The van der Waals surface area contributed by atoms with Crippen molar-refractivity contribution in [2.24, 2.45) is 5.92 Å². The highest BCUT2D eigenvalue weighted by Gasteiger charge is 2.30. The summed E-state index contributed by atoms with van der Waals surface area (Å²) in [6.07, 6.45) is 4.19. The van der Waals surface area contributed by atoms with Crippen molar-refractivity contribution in [1.82, 2.24) is 19.4 Å². The third-order valence-corrected chi connectivity index (χ3v) is 7.52.